The van der Waals surface area contributed by atoms with Gasteiger partial charge in [-0.3, -0.25) is 9.69 Å². The molecule has 0 saturated carbocycles. The Kier molecular flexibility index (Phi) is 4.75. The molecule has 124 valence electrons. The van der Waals surface area contributed by atoms with E-state index < -0.39 is 12.2 Å². The number of halogens is 1. The number of ether oxygens (including phenoxy) is 1. The van der Waals surface area contributed by atoms with Gasteiger partial charge in [-0.1, -0.05) is 6.07 Å². The molecule has 1 atom stereocenters. The molecule has 2 aliphatic heterocycles. The maximum atomic E-state index is 14.5. The lowest BCUT2D eigenvalue weighted by molar-refractivity contribution is -0.127. The zero-order valence-electron chi connectivity index (χ0n) is 12.9. The van der Waals surface area contributed by atoms with E-state index in [0.29, 0.717) is 11.3 Å². The van der Waals surface area contributed by atoms with E-state index in [4.69, 9.17) is 4.74 Å². The van der Waals surface area contributed by atoms with E-state index in [-0.39, 0.29) is 24.2 Å². The molecule has 1 N–H and O–H groups in total. The molecule has 0 aliphatic carbocycles. The van der Waals surface area contributed by atoms with Crippen molar-refractivity contribution in [2.45, 2.75) is 24.9 Å². The number of amides is 2. The van der Waals surface area contributed by atoms with Gasteiger partial charge in [-0.25, -0.2) is 9.18 Å². The van der Waals surface area contributed by atoms with Gasteiger partial charge >= 0.3 is 6.09 Å². The number of benzene rings is 1. The van der Waals surface area contributed by atoms with Crippen LogP contribution in [0.5, 0.6) is 0 Å². The molecule has 2 amide bonds. The summed E-state index contributed by atoms with van der Waals surface area (Å²) in [4.78, 5) is 24.8. The predicted molar refractivity (Wildman–Crippen MR) is 87.4 cm³/mol. The molecular weight excluding hydrogens is 319 g/mol. The van der Waals surface area contributed by atoms with Crippen molar-refractivity contribution >= 4 is 29.4 Å². The minimum absolute atomic E-state index is 0.0946. The summed E-state index contributed by atoms with van der Waals surface area (Å²) in [6.07, 6.45) is 0.474. The van der Waals surface area contributed by atoms with Crippen LogP contribution in [0.3, 0.4) is 0 Å². The van der Waals surface area contributed by atoms with Crippen LogP contribution in [0, 0.1) is 5.82 Å². The first-order chi connectivity index (χ1) is 11.1. The molecule has 7 heteroatoms. The highest BCUT2D eigenvalue weighted by Gasteiger charge is 2.36. The first kappa shape index (κ1) is 16.1. The van der Waals surface area contributed by atoms with Crippen LogP contribution in [-0.4, -0.2) is 43.2 Å². The van der Waals surface area contributed by atoms with Crippen LogP contribution < -0.4 is 10.2 Å². The quantitative estimate of drug-likeness (QED) is 0.920. The van der Waals surface area contributed by atoms with E-state index >= 15 is 0 Å². The van der Waals surface area contributed by atoms with Gasteiger partial charge in [0.15, 0.2) is 6.10 Å². The first-order valence-corrected chi connectivity index (χ1v) is 8.82. The number of anilines is 1. The topological polar surface area (TPSA) is 58.6 Å². The van der Waals surface area contributed by atoms with Gasteiger partial charge < -0.3 is 10.1 Å². The van der Waals surface area contributed by atoms with Crippen molar-refractivity contribution in [1.29, 1.82) is 0 Å². The van der Waals surface area contributed by atoms with Gasteiger partial charge in [0, 0.05) is 7.05 Å². The van der Waals surface area contributed by atoms with Gasteiger partial charge in [-0.15, -0.1) is 0 Å². The number of likely N-dealkylation sites (N-methyl/N-ethyl adjacent to an activating group) is 1. The molecule has 1 aromatic carbocycles. The third kappa shape index (κ3) is 3.29. The van der Waals surface area contributed by atoms with Crippen molar-refractivity contribution < 1.29 is 18.7 Å². The third-order valence-corrected chi connectivity index (χ3v) is 5.36. The second kappa shape index (κ2) is 6.78. The van der Waals surface area contributed by atoms with Crippen molar-refractivity contribution in [3.63, 3.8) is 0 Å². The summed E-state index contributed by atoms with van der Waals surface area (Å²) in [5, 5.41) is 2.44. The monoisotopic (exact) mass is 338 g/mol. The van der Waals surface area contributed by atoms with E-state index in [2.05, 4.69) is 5.32 Å². The highest BCUT2D eigenvalue weighted by molar-refractivity contribution is 7.99. The molecule has 0 bridgehead atoms. The number of carbonyl (C=O) groups excluding carboxylic acids is 2. The number of nitrogens with one attached hydrogen (secondary N) is 1. The Morgan fingerprint density at radius 2 is 2.13 bits per heavy atom. The standard InChI is InChI=1S/C16H19FN2O3S/c1-18-15(20)14-9-19(16(21)22-14)11-2-3-12(13(17)8-11)10-4-6-23-7-5-10/h2-3,8,10,14H,4-7,9H2,1H3,(H,18,20)/t14-/m1/s1. The summed E-state index contributed by atoms with van der Waals surface area (Å²) in [7, 11) is 1.48. The maximum Gasteiger partial charge on any atom is 0.415 e. The van der Waals surface area contributed by atoms with Crippen molar-refractivity contribution in [3.05, 3.63) is 29.6 Å². The Balaban J connectivity index is 1.77. The van der Waals surface area contributed by atoms with E-state index in [9.17, 15) is 14.0 Å². The summed E-state index contributed by atoms with van der Waals surface area (Å²) >= 11 is 1.90. The van der Waals surface area contributed by atoms with Gasteiger partial charge in [-0.05, 0) is 48.0 Å². The van der Waals surface area contributed by atoms with Gasteiger partial charge in [0.2, 0.25) is 0 Å². The Bertz CT molecular complexity index is 619. The zero-order chi connectivity index (χ0) is 16.4. The van der Waals surface area contributed by atoms with Crippen LogP contribution in [-0.2, 0) is 9.53 Å². The number of nitrogens with zero attached hydrogens (tertiary/aromatic N) is 1. The average molecular weight is 338 g/mol. The fraction of sp³-hybridized carbons (Fsp3) is 0.500. The Hall–Kier alpha value is -1.76. The van der Waals surface area contributed by atoms with Crippen LogP contribution in [0.4, 0.5) is 14.9 Å². The van der Waals surface area contributed by atoms with Gasteiger partial charge in [0.25, 0.3) is 5.91 Å². The highest BCUT2D eigenvalue weighted by atomic mass is 32.2. The SMILES string of the molecule is CNC(=O)[C@H]1CN(c2ccc(C3CCSCC3)c(F)c2)C(=O)O1. The molecule has 2 heterocycles. The molecule has 1 aromatic rings. The lowest BCUT2D eigenvalue weighted by Gasteiger charge is -2.23. The van der Waals surface area contributed by atoms with E-state index in [1.807, 2.05) is 11.8 Å². The number of hydrogen-bond acceptors (Lipinski definition) is 4. The summed E-state index contributed by atoms with van der Waals surface area (Å²) < 4.78 is 19.5. The lowest BCUT2D eigenvalue weighted by Crippen LogP contribution is -2.35. The Morgan fingerprint density at radius 3 is 2.78 bits per heavy atom. The van der Waals surface area contributed by atoms with Crippen LogP contribution in [0.2, 0.25) is 0 Å². The smallest absolute Gasteiger partial charge is 0.415 e. The van der Waals surface area contributed by atoms with E-state index in [1.165, 1.54) is 18.0 Å². The summed E-state index contributed by atoms with van der Waals surface area (Å²) in [5.41, 5.74) is 1.14. The van der Waals surface area contributed by atoms with Crippen LogP contribution >= 0.6 is 11.8 Å². The number of hydrogen-bond donors (Lipinski definition) is 1. The molecule has 0 aromatic heterocycles. The van der Waals surface area contributed by atoms with Crippen LogP contribution in [0.1, 0.15) is 24.3 Å². The second-order valence-electron chi connectivity index (χ2n) is 5.69. The highest BCUT2D eigenvalue weighted by Crippen LogP contribution is 2.34. The van der Waals surface area contributed by atoms with Crippen molar-refractivity contribution in [2.75, 3.05) is 30.0 Å². The molecule has 0 unspecified atom stereocenters. The first-order valence-electron chi connectivity index (χ1n) is 7.67. The molecule has 0 spiro atoms. The summed E-state index contributed by atoms with van der Waals surface area (Å²) in [6, 6.07) is 4.85. The molecule has 2 aliphatic rings. The van der Waals surface area contributed by atoms with Crippen molar-refractivity contribution in [1.82, 2.24) is 5.32 Å². The number of rotatable bonds is 3. The van der Waals surface area contributed by atoms with Crippen LogP contribution in [0.15, 0.2) is 18.2 Å². The normalized spacial score (nSPS) is 22.1. The fourth-order valence-corrected chi connectivity index (χ4v) is 4.10. The minimum atomic E-state index is -0.856. The maximum absolute atomic E-state index is 14.5. The van der Waals surface area contributed by atoms with Gasteiger partial charge in [0.1, 0.15) is 5.82 Å². The molecule has 2 fully saturated rings. The molecule has 5 nitrogen and oxygen atoms in total. The van der Waals surface area contributed by atoms with E-state index in [1.54, 1.807) is 12.1 Å². The fourth-order valence-electron chi connectivity index (χ4n) is 2.99. The average Bonchev–Trinajstić information content (AvgIpc) is 2.96. The van der Waals surface area contributed by atoms with Crippen LogP contribution in [0.25, 0.3) is 0 Å². The summed E-state index contributed by atoms with van der Waals surface area (Å²) in [5.74, 6) is 1.69. The molecule has 23 heavy (non-hydrogen) atoms. The predicted octanol–water partition coefficient (Wildman–Crippen LogP) is 2.51. The third-order valence-electron chi connectivity index (χ3n) is 4.31. The number of cyclic esters (lactones) is 1. The number of thioether (sulfide) groups is 1. The van der Waals surface area contributed by atoms with Gasteiger partial charge in [-0.2, -0.15) is 11.8 Å². The van der Waals surface area contributed by atoms with Gasteiger partial charge in [0.05, 0.1) is 12.2 Å². The second-order valence-corrected chi connectivity index (χ2v) is 6.91. The Labute approximate surface area is 138 Å². The largest absolute Gasteiger partial charge is 0.434 e. The van der Waals surface area contributed by atoms with E-state index in [0.717, 1.165) is 24.3 Å². The molecular formula is C16H19FN2O3S. The minimum Gasteiger partial charge on any atom is -0.434 e. The molecule has 0 radical (unpaired) electrons. The summed E-state index contributed by atoms with van der Waals surface area (Å²) in [6.45, 7) is 0.0946. The van der Waals surface area contributed by atoms with Crippen molar-refractivity contribution in [3.8, 4) is 0 Å². The lowest BCUT2D eigenvalue weighted by atomic mass is 9.93. The number of carbonyl (C=O) groups is 2. The zero-order valence-corrected chi connectivity index (χ0v) is 13.7. The molecule has 2 saturated heterocycles. The Morgan fingerprint density at radius 1 is 1.39 bits per heavy atom. The van der Waals surface area contributed by atoms with Crippen molar-refractivity contribution in [2.24, 2.45) is 0 Å². The molecule has 3 rings (SSSR count).